The first kappa shape index (κ1) is 26.8. The molecule has 4 fully saturated rings. The van der Waals surface area contributed by atoms with Crippen LogP contribution < -0.4 is 0 Å². The molecule has 0 bridgehead atoms. The standard InChI is InChI=1S/2C2H2B10.Co.Na/c2*3-1-2(3)5-7-9-11-12-10-8-6-4-1;;/h2*1-2H;;. The van der Waals surface area contributed by atoms with E-state index in [0.29, 0.717) is 22.9 Å². The van der Waals surface area contributed by atoms with Gasteiger partial charge in [0.15, 0.2) is 0 Å². The Hall–Kier alpha value is 2.81. The van der Waals surface area contributed by atoms with E-state index in [1.165, 1.54) is 0 Å². The van der Waals surface area contributed by atoms with Gasteiger partial charge in [0.05, 0.1) is 14.6 Å². The van der Waals surface area contributed by atoms with Gasteiger partial charge in [-0.2, -0.15) is 0 Å². The van der Waals surface area contributed by atoms with E-state index in [1.807, 2.05) is 42.4 Å². The largest absolute Gasteiger partial charge is 0.115 e. The van der Waals surface area contributed by atoms with Crippen LogP contribution in [-0.2, 0) is 16.8 Å². The Morgan fingerprint density at radius 3 is 0.731 bits per heavy atom. The second-order valence-corrected chi connectivity index (χ2v) is 6.16. The molecule has 4 aliphatic heterocycles. The third kappa shape index (κ3) is 11.9. The number of hydrogen-bond donors (Lipinski definition) is 0. The van der Waals surface area contributed by atoms with Crippen molar-refractivity contribution in [3.05, 3.63) is 0 Å². The summed E-state index contributed by atoms with van der Waals surface area (Å²) in [6, 6.07) is 0. The summed E-state index contributed by atoms with van der Waals surface area (Å²) >= 11 is 0. The first-order chi connectivity index (χ1) is 11.9. The van der Waals surface area contributed by atoms with Crippen LogP contribution in [0.15, 0.2) is 0 Å². The second kappa shape index (κ2) is 16.5. The molecule has 4 unspecified atom stereocenters. The zero-order valence-corrected chi connectivity index (χ0v) is 18.2. The predicted octanol–water partition coefficient (Wildman–Crippen LogP) is -6.65. The van der Waals surface area contributed by atoms with Crippen LogP contribution >= 0.6 is 0 Å². The van der Waals surface area contributed by atoms with Gasteiger partial charge in [-0.1, -0.05) is 0 Å². The van der Waals surface area contributed by atoms with Crippen molar-refractivity contribution in [3.8, 4) is 0 Å². The Morgan fingerprint density at radius 2 is 0.500 bits per heavy atom. The van der Waals surface area contributed by atoms with Gasteiger partial charge in [0.25, 0.3) is 0 Å². The van der Waals surface area contributed by atoms with E-state index in [4.69, 9.17) is 0 Å². The van der Waals surface area contributed by atoms with Gasteiger partial charge in [0.2, 0.25) is 0 Å². The first-order valence-corrected chi connectivity index (χ1v) is 8.67. The predicted molar refractivity (Wildman–Crippen MR) is 136 cm³/mol. The Kier molecular flexibility index (Phi) is 17.0. The van der Waals surface area contributed by atoms with Crippen molar-refractivity contribution in [2.75, 3.05) is 0 Å². The Bertz CT molecular complexity index is 288. The zero-order chi connectivity index (χ0) is 16.5. The van der Waals surface area contributed by atoms with Crippen LogP contribution in [-0.4, -0.2) is 172 Å². The van der Waals surface area contributed by atoms with Crippen molar-refractivity contribution >= 4 is 172 Å². The Labute approximate surface area is 209 Å². The maximum atomic E-state index is 2.33. The number of fused-ring (bicyclic) bond motifs is 2. The van der Waals surface area contributed by atoms with Crippen LogP contribution in [0.4, 0.5) is 0 Å². The summed E-state index contributed by atoms with van der Waals surface area (Å²) < 4.78 is 0. The summed E-state index contributed by atoms with van der Waals surface area (Å²) in [6.45, 7) is 0. The monoisotopic (exact) mass is 354 g/mol. The van der Waals surface area contributed by atoms with E-state index < -0.39 is 0 Å². The summed E-state index contributed by atoms with van der Waals surface area (Å²) in [4.78, 5) is 0. The van der Waals surface area contributed by atoms with Gasteiger partial charge in [0.1, 0.15) is 0 Å². The molecule has 0 aromatic rings. The van der Waals surface area contributed by atoms with E-state index in [2.05, 4.69) is 99.7 Å². The summed E-state index contributed by atoms with van der Waals surface area (Å²) in [5, 5.41) is 0. The maximum Gasteiger partial charge on any atom is 0.0945 e. The van der Waals surface area contributed by atoms with Gasteiger partial charge < -0.3 is 0 Å². The van der Waals surface area contributed by atoms with Crippen LogP contribution in [0, 0.1) is 0 Å². The first-order valence-electron chi connectivity index (χ1n) is 8.67. The fourth-order valence-electron chi connectivity index (χ4n) is 2.57. The van der Waals surface area contributed by atoms with Crippen molar-refractivity contribution in [2.24, 2.45) is 0 Å². The molecule has 22 heteroatoms. The maximum absolute atomic E-state index is 2.33. The minimum Gasteiger partial charge on any atom is -0.115 e. The summed E-state index contributed by atoms with van der Waals surface area (Å²) in [5.74, 6) is 0. The Morgan fingerprint density at radius 1 is 0.308 bits per heavy atom. The normalized spacial score (nSPS) is 28.9. The van der Waals surface area contributed by atoms with Crippen molar-refractivity contribution in [1.82, 2.24) is 0 Å². The molecule has 0 aliphatic carbocycles. The number of rotatable bonds is 0. The molecule has 26 heavy (non-hydrogen) atoms. The molecule has 4 rings (SSSR count). The van der Waals surface area contributed by atoms with Crippen LogP contribution in [0.2, 0.25) is 22.9 Å². The fraction of sp³-hybridized carbons (Fsp3) is 1.00. The van der Waals surface area contributed by atoms with Crippen LogP contribution in [0.1, 0.15) is 0 Å². The summed E-state index contributed by atoms with van der Waals surface area (Å²) in [6.07, 6.45) is 0. The van der Waals surface area contributed by atoms with Crippen LogP contribution in [0.5, 0.6) is 0 Å². The van der Waals surface area contributed by atoms with Gasteiger partial charge in [-0.05, 0) is 0 Å². The molecule has 4 atom stereocenters. The molecule has 90 valence electrons. The van der Waals surface area contributed by atoms with E-state index >= 15 is 0 Å². The smallest absolute Gasteiger partial charge is 0.0945 e. The van der Waals surface area contributed by atoms with Crippen molar-refractivity contribution in [1.29, 1.82) is 0 Å². The minimum absolute atomic E-state index is 0. The molecule has 0 aromatic heterocycles. The molecule has 0 nitrogen and oxygen atoms in total. The molecule has 0 saturated carbocycles. The van der Waals surface area contributed by atoms with Gasteiger partial charge in [0, 0.05) is 174 Å². The summed E-state index contributed by atoms with van der Waals surface area (Å²) in [7, 11) is 42.6. The minimum atomic E-state index is 0. The van der Waals surface area contributed by atoms with Crippen molar-refractivity contribution in [2.45, 2.75) is 22.9 Å². The molecule has 22 radical (unpaired) electrons. The summed E-state index contributed by atoms with van der Waals surface area (Å²) in [5.41, 5.74) is 2.71. The SMILES string of the molecule is [B]1[B][B][B][B]C2[B]C2[B][B][B][B]1.[B]1[B][B][B][B]C2[B]C2[B][B][B][B]1.[Co].[Na]. The van der Waals surface area contributed by atoms with E-state index in [-0.39, 0.29) is 46.3 Å². The molecule has 4 saturated heterocycles. The molecule has 0 amide bonds. The molecule has 0 N–H and O–H groups in total. The fourth-order valence-corrected chi connectivity index (χ4v) is 2.57. The Balaban J connectivity index is 0.000000241. The van der Waals surface area contributed by atoms with Crippen molar-refractivity contribution < 1.29 is 16.8 Å². The molecular formula is C4H4B20CoNa. The average Bonchev–Trinajstić information content (AvgIpc) is 3.47. The average molecular weight is 350 g/mol. The third-order valence-electron chi connectivity index (χ3n) is 4.16. The molecule has 0 aromatic carbocycles. The van der Waals surface area contributed by atoms with E-state index in [0.717, 1.165) is 0 Å². The topological polar surface area (TPSA) is 0 Å². The quantitative estimate of drug-likeness (QED) is 0.381. The van der Waals surface area contributed by atoms with Gasteiger partial charge in [-0.15, -0.1) is 22.9 Å². The van der Waals surface area contributed by atoms with Gasteiger partial charge >= 0.3 is 0 Å². The van der Waals surface area contributed by atoms with Crippen LogP contribution in [0.3, 0.4) is 0 Å². The molecule has 4 heterocycles. The van der Waals surface area contributed by atoms with E-state index in [1.54, 1.807) is 0 Å². The second-order valence-electron chi connectivity index (χ2n) is 6.16. The zero-order valence-electron chi connectivity index (χ0n) is 15.2. The van der Waals surface area contributed by atoms with Crippen molar-refractivity contribution in [3.63, 3.8) is 0 Å². The third-order valence-corrected chi connectivity index (χ3v) is 4.16. The van der Waals surface area contributed by atoms with Gasteiger partial charge in [-0.25, -0.2) is 0 Å². The van der Waals surface area contributed by atoms with E-state index in [9.17, 15) is 0 Å². The van der Waals surface area contributed by atoms with Gasteiger partial charge in [-0.3, -0.25) is 0 Å². The molecular weight excluding hydrogens is 346 g/mol. The molecule has 0 spiro atoms. The van der Waals surface area contributed by atoms with Crippen LogP contribution in [0.25, 0.3) is 0 Å². The number of hydrogen-bond acceptors (Lipinski definition) is 0. The molecule has 4 aliphatic rings.